The second-order valence-electron chi connectivity index (χ2n) is 3.56. The van der Waals surface area contributed by atoms with Gasteiger partial charge in [0.25, 0.3) is 0 Å². The molecule has 1 N–H and O–H groups in total. The SMILES string of the molecule is Fc1cnccc1CNCc1ccccc1. The predicted molar refractivity (Wildman–Crippen MR) is 61.2 cm³/mol. The summed E-state index contributed by atoms with van der Waals surface area (Å²) in [7, 11) is 0. The topological polar surface area (TPSA) is 24.9 Å². The van der Waals surface area contributed by atoms with Crippen molar-refractivity contribution in [3.63, 3.8) is 0 Å². The molecule has 0 saturated heterocycles. The van der Waals surface area contributed by atoms with Crippen molar-refractivity contribution in [3.8, 4) is 0 Å². The van der Waals surface area contributed by atoms with E-state index in [2.05, 4.69) is 10.3 Å². The number of hydrogen-bond donors (Lipinski definition) is 1. The van der Waals surface area contributed by atoms with Crippen molar-refractivity contribution in [2.75, 3.05) is 0 Å². The number of rotatable bonds is 4. The van der Waals surface area contributed by atoms with Crippen molar-refractivity contribution >= 4 is 0 Å². The van der Waals surface area contributed by atoms with E-state index in [1.807, 2.05) is 30.3 Å². The van der Waals surface area contributed by atoms with Crippen LogP contribution >= 0.6 is 0 Å². The van der Waals surface area contributed by atoms with Crippen LogP contribution in [-0.4, -0.2) is 4.98 Å². The Morgan fingerprint density at radius 3 is 2.62 bits per heavy atom. The number of nitrogens with one attached hydrogen (secondary N) is 1. The van der Waals surface area contributed by atoms with Crippen LogP contribution in [0.4, 0.5) is 4.39 Å². The molecule has 16 heavy (non-hydrogen) atoms. The maximum absolute atomic E-state index is 13.2. The molecule has 3 heteroatoms. The molecule has 0 fully saturated rings. The lowest BCUT2D eigenvalue weighted by Gasteiger charge is -2.05. The number of pyridine rings is 1. The van der Waals surface area contributed by atoms with E-state index in [1.54, 1.807) is 12.3 Å². The minimum atomic E-state index is -0.261. The zero-order valence-corrected chi connectivity index (χ0v) is 8.86. The van der Waals surface area contributed by atoms with Gasteiger partial charge in [-0.15, -0.1) is 0 Å². The molecule has 2 aromatic rings. The number of hydrogen-bond acceptors (Lipinski definition) is 2. The van der Waals surface area contributed by atoms with Crippen molar-refractivity contribution in [2.24, 2.45) is 0 Å². The fraction of sp³-hybridized carbons (Fsp3) is 0.154. The molecule has 0 bridgehead atoms. The van der Waals surface area contributed by atoms with Crippen LogP contribution in [-0.2, 0) is 13.1 Å². The zero-order valence-electron chi connectivity index (χ0n) is 8.86. The molecule has 0 radical (unpaired) electrons. The van der Waals surface area contributed by atoms with Gasteiger partial charge in [-0.1, -0.05) is 30.3 Å². The number of nitrogens with zero attached hydrogens (tertiary/aromatic N) is 1. The second-order valence-corrected chi connectivity index (χ2v) is 3.56. The summed E-state index contributed by atoms with van der Waals surface area (Å²) in [5.41, 5.74) is 1.84. The minimum absolute atomic E-state index is 0.261. The highest BCUT2D eigenvalue weighted by atomic mass is 19.1. The van der Waals surface area contributed by atoms with Gasteiger partial charge in [0, 0.05) is 24.8 Å². The fourth-order valence-corrected chi connectivity index (χ4v) is 1.48. The van der Waals surface area contributed by atoms with Gasteiger partial charge in [0.05, 0.1) is 6.20 Å². The van der Waals surface area contributed by atoms with Gasteiger partial charge in [-0.25, -0.2) is 4.39 Å². The van der Waals surface area contributed by atoms with E-state index in [4.69, 9.17) is 0 Å². The van der Waals surface area contributed by atoms with Crippen LogP contribution in [0.2, 0.25) is 0 Å². The Morgan fingerprint density at radius 2 is 1.88 bits per heavy atom. The monoisotopic (exact) mass is 216 g/mol. The van der Waals surface area contributed by atoms with Crippen LogP contribution < -0.4 is 5.32 Å². The predicted octanol–water partition coefficient (Wildman–Crippen LogP) is 2.51. The molecule has 0 aliphatic rings. The molecule has 1 aromatic heterocycles. The standard InChI is InChI=1S/C13H13FN2/c14-13-10-15-7-6-12(13)9-16-8-11-4-2-1-3-5-11/h1-7,10,16H,8-9H2. The molecular formula is C13H13FN2. The summed E-state index contributed by atoms with van der Waals surface area (Å²) in [6.45, 7) is 1.26. The van der Waals surface area contributed by atoms with E-state index < -0.39 is 0 Å². The van der Waals surface area contributed by atoms with Crippen molar-refractivity contribution in [3.05, 3.63) is 65.7 Å². The van der Waals surface area contributed by atoms with Crippen LogP contribution in [0.1, 0.15) is 11.1 Å². The highest BCUT2D eigenvalue weighted by Crippen LogP contribution is 2.04. The van der Waals surface area contributed by atoms with Gasteiger partial charge >= 0.3 is 0 Å². The smallest absolute Gasteiger partial charge is 0.145 e. The Kier molecular flexibility index (Phi) is 3.62. The van der Waals surface area contributed by atoms with E-state index in [9.17, 15) is 4.39 Å². The van der Waals surface area contributed by atoms with Gasteiger partial charge in [-0.3, -0.25) is 4.98 Å². The molecule has 0 aliphatic heterocycles. The lowest BCUT2D eigenvalue weighted by Crippen LogP contribution is -2.13. The highest BCUT2D eigenvalue weighted by molar-refractivity contribution is 5.15. The first-order valence-corrected chi connectivity index (χ1v) is 5.19. The first kappa shape index (κ1) is 10.8. The molecular weight excluding hydrogens is 203 g/mol. The second kappa shape index (κ2) is 5.37. The van der Waals surface area contributed by atoms with Crippen molar-refractivity contribution in [1.29, 1.82) is 0 Å². The molecule has 0 unspecified atom stereocenters. The van der Waals surface area contributed by atoms with E-state index in [0.717, 1.165) is 6.54 Å². The third-order valence-electron chi connectivity index (χ3n) is 2.34. The van der Waals surface area contributed by atoms with Crippen molar-refractivity contribution in [2.45, 2.75) is 13.1 Å². The molecule has 0 saturated carbocycles. The summed E-state index contributed by atoms with van der Waals surface area (Å²) >= 11 is 0. The van der Waals surface area contributed by atoms with E-state index in [1.165, 1.54) is 11.8 Å². The molecule has 1 aromatic carbocycles. The minimum Gasteiger partial charge on any atom is -0.309 e. The lowest BCUT2D eigenvalue weighted by atomic mass is 10.2. The van der Waals surface area contributed by atoms with Gasteiger partial charge in [-0.05, 0) is 11.6 Å². The largest absolute Gasteiger partial charge is 0.309 e. The van der Waals surface area contributed by atoms with Crippen molar-refractivity contribution in [1.82, 2.24) is 10.3 Å². The van der Waals surface area contributed by atoms with E-state index in [-0.39, 0.29) is 5.82 Å². The Labute approximate surface area is 94.2 Å². The Bertz CT molecular complexity index is 443. The van der Waals surface area contributed by atoms with Gasteiger partial charge in [-0.2, -0.15) is 0 Å². The quantitative estimate of drug-likeness (QED) is 0.849. The third kappa shape index (κ3) is 2.87. The molecule has 0 atom stereocenters. The number of halogens is 1. The molecule has 1 heterocycles. The molecule has 2 rings (SSSR count). The maximum Gasteiger partial charge on any atom is 0.145 e. The number of aromatic nitrogens is 1. The van der Waals surface area contributed by atoms with Crippen LogP contribution in [0.3, 0.4) is 0 Å². The molecule has 82 valence electrons. The molecule has 2 nitrogen and oxygen atoms in total. The summed E-state index contributed by atoms with van der Waals surface area (Å²) in [5.74, 6) is -0.261. The zero-order chi connectivity index (χ0) is 11.2. The molecule has 0 aliphatic carbocycles. The van der Waals surface area contributed by atoms with Crippen LogP contribution in [0.5, 0.6) is 0 Å². The maximum atomic E-state index is 13.2. The van der Waals surface area contributed by atoms with Crippen LogP contribution in [0, 0.1) is 5.82 Å². The van der Waals surface area contributed by atoms with Crippen molar-refractivity contribution < 1.29 is 4.39 Å². The van der Waals surface area contributed by atoms with Gasteiger partial charge < -0.3 is 5.32 Å². The average Bonchev–Trinajstić information content (AvgIpc) is 2.33. The molecule has 0 amide bonds. The Balaban J connectivity index is 1.87. The van der Waals surface area contributed by atoms with Crippen LogP contribution in [0.15, 0.2) is 48.8 Å². The summed E-state index contributed by atoms with van der Waals surface area (Å²) in [5, 5.41) is 3.19. The summed E-state index contributed by atoms with van der Waals surface area (Å²) in [6.07, 6.45) is 2.84. The molecule has 0 spiro atoms. The van der Waals surface area contributed by atoms with E-state index in [0.29, 0.717) is 12.1 Å². The first-order chi connectivity index (χ1) is 7.86. The highest BCUT2D eigenvalue weighted by Gasteiger charge is 2.00. The summed E-state index contributed by atoms with van der Waals surface area (Å²) in [6, 6.07) is 11.7. The van der Waals surface area contributed by atoms with Gasteiger partial charge in [0.15, 0.2) is 0 Å². The third-order valence-corrected chi connectivity index (χ3v) is 2.34. The summed E-state index contributed by atoms with van der Waals surface area (Å²) < 4.78 is 13.2. The van der Waals surface area contributed by atoms with Gasteiger partial charge in [0.1, 0.15) is 5.82 Å². The lowest BCUT2D eigenvalue weighted by molar-refractivity contribution is 0.582. The van der Waals surface area contributed by atoms with E-state index >= 15 is 0 Å². The average molecular weight is 216 g/mol. The van der Waals surface area contributed by atoms with Gasteiger partial charge in [0.2, 0.25) is 0 Å². The normalized spacial score (nSPS) is 10.3. The van der Waals surface area contributed by atoms with Crippen LogP contribution in [0.25, 0.3) is 0 Å². The fourth-order valence-electron chi connectivity index (χ4n) is 1.48. The summed E-state index contributed by atoms with van der Waals surface area (Å²) in [4.78, 5) is 3.71. The Hall–Kier alpha value is -1.74. The number of benzene rings is 1. The Morgan fingerprint density at radius 1 is 1.06 bits per heavy atom. The first-order valence-electron chi connectivity index (χ1n) is 5.19.